The van der Waals surface area contributed by atoms with Gasteiger partial charge in [0.05, 0.1) is 0 Å². The Labute approximate surface area is 191 Å². The third-order valence-corrected chi connectivity index (χ3v) is 5.23. The molecule has 2 amide bonds. The lowest BCUT2D eigenvalue weighted by atomic mass is 10.1. The first-order chi connectivity index (χ1) is 15.1. The molecular weight excluding hydrogens is 452 g/mol. The molecule has 0 heterocycles. The van der Waals surface area contributed by atoms with Crippen LogP contribution in [0.4, 0.5) is 0 Å². The summed E-state index contributed by atoms with van der Waals surface area (Å²) in [4.78, 5) is 25.7. The molecule has 3 rings (SSSR count). The lowest BCUT2D eigenvalue weighted by Gasteiger charge is -2.11. The van der Waals surface area contributed by atoms with Gasteiger partial charge < -0.3 is 10.6 Å². The van der Waals surface area contributed by atoms with Gasteiger partial charge in [-0.05, 0) is 47.7 Å². The third kappa shape index (κ3) is 7.54. The molecule has 0 saturated carbocycles. The maximum Gasteiger partial charge on any atom is 0.256 e. The number of carbonyl (C=O) groups is 2. The maximum atomic E-state index is 12.8. The Morgan fingerprint density at radius 1 is 0.710 bits per heavy atom. The molecule has 0 radical (unpaired) electrons. The van der Waals surface area contributed by atoms with E-state index < -0.39 is 0 Å². The van der Waals surface area contributed by atoms with E-state index in [1.165, 1.54) is 0 Å². The summed E-state index contributed by atoms with van der Waals surface area (Å²) in [7, 11) is 0. The molecule has 3 aromatic rings. The van der Waals surface area contributed by atoms with Crippen molar-refractivity contribution in [3.63, 3.8) is 0 Å². The zero-order valence-corrected chi connectivity index (χ0v) is 18.8. The van der Waals surface area contributed by atoms with Crippen LogP contribution in [-0.2, 0) is 22.4 Å². The van der Waals surface area contributed by atoms with E-state index in [1.807, 2.05) is 84.9 Å². The molecule has 4 nitrogen and oxygen atoms in total. The van der Waals surface area contributed by atoms with Gasteiger partial charge in [-0.25, -0.2) is 0 Å². The minimum Gasteiger partial charge on any atom is -0.352 e. The van der Waals surface area contributed by atoms with E-state index in [1.54, 1.807) is 6.08 Å². The molecule has 5 heteroatoms. The number of nitrogens with one attached hydrogen (secondary N) is 2. The summed E-state index contributed by atoms with van der Waals surface area (Å²) in [6, 6.07) is 27.3. The van der Waals surface area contributed by atoms with Crippen molar-refractivity contribution in [3.05, 3.63) is 112 Å². The molecular formula is C26H25BrN2O2. The second-order valence-electron chi connectivity index (χ2n) is 7.10. The van der Waals surface area contributed by atoms with Crippen molar-refractivity contribution >= 4 is 33.8 Å². The number of amides is 2. The molecule has 0 fully saturated rings. The first kappa shape index (κ1) is 22.5. The summed E-state index contributed by atoms with van der Waals surface area (Å²) in [5, 5.41) is 5.75. The van der Waals surface area contributed by atoms with E-state index in [9.17, 15) is 9.59 Å². The van der Waals surface area contributed by atoms with E-state index in [0.29, 0.717) is 25.9 Å². The molecule has 2 N–H and O–H groups in total. The number of benzene rings is 3. The van der Waals surface area contributed by atoms with E-state index in [0.717, 1.165) is 21.2 Å². The molecule has 0 spiro atoms. The van der Waals surface area contributed by atoms with Crippen LogP contribution in [0.3, 0.4) is 0 Å². The monoisotopic (exact) mass is 476 g/mol. The zero-order chi connectivity index (χ0) is 21.9. The molecule has 31 heavy (non-hydrogen) atoms. The summed E-state index contributed by atoms with van der Waals surface area (Å²) in [5.74, 6) is -0.763. The van der Waals surface area contributed by atoms with Gasteiger partial charge in [0, 0.05) is 17.6 Å². The molecule has 3 aromatic carbocycles. The van der Waals surface area contributed by atoms with Gasteiger partial charge in [-0.15, -0.1) is 0 Å². The Kier molecular flexibility index (Phi) is 8.61. The normalized spacial score (nSPS) is 10.2. The molecule has 0 aromatic heterocycles. The van der Waals surface area contributed by atoms with Crippen LogP contribution < -0.4 is 10.6 Å². The minimum atomic E-state index is -0.381. The Morgan fingerprint density at radius 2 is 1.23 bits per heavy atom. The average Bonchev–Trinajstić information content (AvgIpc) is 2.79. The molecule has 0 atom stereocenters. The van der Waals surface area contributed by atoms with Crippen LogP contribution in [0, 0.1) is 0 Å². The Bertz CT molecular complexity index is 974. The van der Waals surface area contributed by atoms with Gasteiger partial charge in [0.25, 0.3) is 11.8 Å². The predicted molar refractivity (Wildman–Crippen MR) is 128 cm³/mol. The van der Waals surface area contributed by atoms with E-state index in [-0.39, 0.29) is 17.4 Å². The van der Waals surface area contributed by atoms with Crippen LogP contribution in [0.15, 0.2) is 95.0 Å². The fourth-order valence-electron chi connectivity index (χ4n) is 3.12. The smallest absolute Gasteiger partial charge is 0.256 e. The molecule has 0 bridgehead atoms. The van der Waals surface area contributed by atoms with Gasteiger partial charge in [-0.2, -0.15) is 0 Å². The lowest BCUT2D eigenvalue weighted by molar-refractivity contribution is -0.123. The Morgan fingerprint density at radius 3 is 1.71 bits per heavy atom. The Hall–Kier alpha value is -3.18. The van der Waals surface area contributed by atoms with Crippen LogP contribution in [-0.4, -0.2) is 24.9 Å². The van der Waals surface area contributed by atoms with Crippen molar-refractivity contribution in [1.82, 2.24) is 10.6 Å². The van der Waals surface area contributed by atoms with Gasteiger partial charge in [0.1, 0.15) is 5.57 Å². The highest BCUT2D eigenvalue weighted by molar-refractivity contribution is 9.10. The number of carbonyl (C=O) groups excluding carboxylic acids is 2. The standard InChI is InChI=1S/C26H25BrN2O2/c27-23-13-7-12-22(18-23)19-24(25(30)28-16-14-20-8-3-1-4-9-20)26(31)29-17-15-21-10-5-2-6-11-21/h1-13,18-19H,14-17H2,(H,28,30)(H,29,31). The summed E-state index contributed by atoms with van der Waals surface area (Å²) in [5.41, 5.74) is 3.14. The van der Waals surface area contributed by atoms with Crippen molar-refractivity contribution < 1.29 is 9.59 Å². The highest BCUT2D eigenvalue weighted by Crippen LogP contribution is 2.15. The van der Waals surface area contributed by atoms with Crippen molar-refractivity contribution in [2.75, 3.05) is 13.1 Å². The lowest BCUT2D eigenvalue weighted by Crippen LogP contribution is -2.36. The van der Waals surface area contributed by atoms with E-state index in [2.05, 4.69) is 26.6 Å². The van der Waals surface area contributed by atoms with Crippen LogP contribution in [0.2, 0.25) is 0 Å². The molecule has 0 aliphatic heterocycles. The summed E-state index contributed by atoms with van der Waals surface area (Å²) in [6.07, 6.45) is 3.03. The van der Waals surface area contributed by atoms with Gasteiger partial charge in [0.15, 0.2) is 0 Å². The predicted octanol–water partition coefficient (Wildman–Crippen LogP) is 4.55. The Balaban J connectivity index is 1.66. The van der Waals surface area contributed by atoms with Crippen molar-refractivity contribution in [3.8, 4) is 0 Å². The van der Waals surface area contributed by atoms with Gasteiger partial charge >= 0.3 is 0 Å². The van der Waals surface area contributed by atoms with Crippen molar-refractivity contribution in [2.24, 2.45) is 0 Å². The number of hydrogen-bond donors (Lipinski definition) is 2. The van der Waals surface area contributed by atoms with E-state index in [4.69, 9.17) is 0 Å². The molecule has 0 saturated heterocycles. The van der Waals surface area contributed by atoms with Crippen LogP contribution in [0.5, 0.6) is 0 Å². The number of rotatable bonds is 9. The van der Waals surface area contributed by atoms with Crippen LogP contribution >= 0.6 is 15.9 Å². The van der Waals surface area contributed by atoms with E-state index >= 15 is 0 Å². The first-order valence-electron chi connectivity index (χ1n) is 10.2. The fourth-order valence-corrected chi connectivity index (χ4v) is 3.53. The topological polar surface area (TPSA) is 58.2 Å². The van der Waals surface area contributed by atoms with Gasteiger partial charge in [0.2, 0.25) is 0 Å². The van der Waals surface area contributed by atoms with Gasteiger partial charge in [-0.3, -0.25) is 9.59 Å². The average molecular weight is 477 g/mol. The molecule has 0 aliphatic rings. The van der Waals surface area contributed by atoms with Crippen LogP contribution in [0.1, 0.15) is 16.7 Å². The SMILES string of the molecule is O=C(NCCc1ccccc1)C(=Cc1cccc(Br)c1)C(=O)NCCc1ccccc1. The minimum absolute atomic E-state index is 0.0965. The summed E-state index contributed by atoms with van der Waals surface area (Å²) in [6.45, 7) is 0.909. The largest absolute Gasteiger partial charge is 0.352 e. The van der Waals surface area contributed by atoms with Crippen molar-refractivity contribution in [2.45, 2.75) is 12.8 Å². The first-order valence-corrected chi connectivity index (χ1v) is 11.0. The molecule has 0 unspecified atom stereocenters. The number of hydrogen-bond acceptors (Lipinski definition) is 2. The highest BCUT2D eigenvalue weighted by atomic mass is 79.9. The second-order valence-corrected chi connectivity index (χ2v) is 8.01. The molecule has 158 valence electrons. The zero-order valence-electron chi connectivity index (χ0n) is 17.2. The van der Waals surface area contributed by atoms with Crippen LogP contribution in [0.25, 0.3) is 6.08 Å². The number of halogens is 1. The second kappa shape index (κ2) is 11.9. The van der Waals surface area contributed by atoms with Gasteiger partial charge in [-0.1, -0.05) is 88.7 Å². The third-order valence-electron chi connectivity index (χ3n) is 4.73. The summed E-state index contributed by atoms with van der Waals surface area (Å²) >= 11 is 3.43. The highest BCUT2D eigenvalue weighted by Gasteiger charge is 2.18. The summed E-state index contributed by atoms with van der Waals surface area (Å²) < 4.78 is 0.884. The van der Waals surface area contributed by atoms with Crippen molar-refractivity contribution in [1.29, 1.82) is 0 Å². The maximum absolute atomic E-state index is 12.8. The fraction of sp³-hybridized carbons (Fsp3) is 0.154. The quantitative estimate of drug-likeness (QED) is 0.270. The molecule has 0 aliphatic carbocycles.